The van der Waals surface area contributed by atoms with E-state index in [-0.39, 0.29) is 24.1 Å². The molecule has 2 aromatic carbocycles. The number of carbonyl (C=O) groups is 2. The maximum absolute atomic E-state index is 13.5. The second-order valence-corrected chi connectivity index (χ2v) is 6.25. The maximum Gasteiger partial charge on any atom is 0.251 e. The molecule has 3 rings (SSSR count). The fraction of sp³-hybridized carbons (Fsp3) is 0.200. The Hall–Kier alpha value is -3.15. The van der Waals surface area contributed by atoms with Gasteiger partial charge in [0.2, 0.25) is 5.91 Å². The van der Waals surface area contributed by atoms with Gasteiger partial charge >= 0.3 is 0 Å². The van der Waals surface area contributed by atoms with Crippen molar-refractivity contribution < 1.29 is 14.0 Å². The van der Waals surface area contributed by atoms with Crippen LogP contribution in [0.1, 0.15) is 27.2 Å². The molecular formula is C20H20FN3O2. The van der Waals surface area contributed by atoms with Gasteiger partial charge in [-0.2, -0.15) is 0 Å². The number of rotatable bonds is 4. The second kappa shape index (κ2) is 7.00. The predicted octanol–water partition coefficient (Wildman–Crippen LogP) is 3.46. The number of halogens is 1. The molecule has 0 aliphatic heterocycles. The lowest BCUT2D eigenvalue weighted by Gasteiger charge is -2.10. The van der Waals surface area contributed by atoms with Crippen LogP contribution >= 0.6 is 0 Å². The molecule has 0 saturated carbocycles. The molecule has 0 radical (unpaired) electrons. The number of amides is 2. The minimum absolute atomic E-state index is 0.131. The molecule has 3 aromatic rings. The zero-order chi connectivity index (χ0) is 18.8. The van der Waals surface area contributed by atoms with Crippen LogP contribution in [0.25, 0.3) is 10.9 Å². The molecule has 0 atom stereocenters. The molecule has 3 N–H and O–H groups in total. The van der Waals surface area contributed by atoms with Gasteiger partial charge in [-0.1, -0.05) is 0 Å². The first-order valence-corrected chi connectivity index (χ1v) is 8.28. The van der Waals surface area contributed by atoms with E-state index in [9.17, 15) is 14.0 Å². The van der Waals surface area contributed by atoms with Crippen molar-refractivity contribution >= 4 is 28.4 Å². The SMILES string of the molecule is CNC(=O)c1ccc(NC(=O)Cc2c(C)[nH]c3ccc(F)cc23)c(C)c1. The zero-order valence-electron chi connectivity index (χ0n) is 14.9. The normalized spacial score (nSPS) is 10.8. The number of H-pyrrole nitrogens is 1. The van der Waals surface area contributed by atoms with Crippen LogP contribution in [0.15, 0.2) is 36.4 Å². The van der Waals surface area contributed by atoms with Gasteiger partial charge < -0.3 is 15.6 Å². The number of carbonyl (C=O) groups excluding carboxylic acids is 2. The lowest BCUT2D eigenvalue weighted by atomic mass is 10.1. The van der Waals surface area contributed by atoms with Crippen LogP contribution in [0.2, 0.25) is 0 Å². The Labute approximate surface area is 150 Å². The Morgan fingerprint density at radius 1 is 1.12 bits per heavy atom. The van der Waals surface area contributed by atoms with Crippen LogP contribution in [0.4, 0.5) is 10.1 Å². The van der Waals surface area contributed by atoms with E-state index in [1.54, 1.807) is 31.3 Å². The van der Waals surface area contributed by atoms with Crippen molar-refractivity contribution in [2.24, 2.45) is 0 Å². The molecule has 1 aromatic heterocycles. The summed E-state index contributed by atoms with van der Waals surface area (Å²) in [6, 6.07) is 9.58. The third-order valence-corrected chi connectivity index (χ3v) is 4.41. The fourth-order valence-electron chi connectivity index (χ4n) is 3.03. The standard InChI is InChI=1S/C20H20FN3O2/c1-11-8-13(20(26)22-3)4-6-17(11)24-19(25)10-15-12(2)23-18-7-5-14(21)9-16(15)18/h4-9,23H,10H2,1-3H3,(H,22,26)(H,24,25). The molecule has 26 heavy (non-hydrogen) atoms. The average molecular weight is 353 g/mol. The van der Waals surface area contributed by atoms with E-state index >= 15 is 0 Å². The summed E-state index contributed by atoms with van der Waals surface area (Å²) < 4.78 is 13.5. The van der Waals surface area contributed by atoms with E-state index in [2.05, 4.69) is 15.6 Å². The molecule has 134 valence electrons. The van der Waals surface area contributed by atoms with E-state index in [0.29, 0.717) is 16.6 Å². The quantitative estimate of drug-likeness (QED) is 0.672. The summed E-state index contributed by atoms with van der Waals surface area (Å²) in [5.74, 6) is -0.713. The fourth-order valence-corrected chi connectivity index (χ4v) is 3.03. The summed E-state index contributed by atoms with van der Waals surface area (Å²) in [4.78, 5) is 27.3. The Morgan fingerprint density at radius 3 is 2.58 bits per heavy atom. The van der Waals surface area contributed by atoms with Gasteiger partial charge in [0.1, 0.15) is 5.82 Å². The van der Waals surface area contributed by atoms with Crippen LogP contribution in [-0.4, -0.2) is 23.8 Å². The predicted molar refractivity (Wildman–Crippen MR) is 99.9 cm³/mol. The molecule has 0 fully saturated rings. The first kappa shape index (κ1) is 17.7. The molecule has 0 saturated heterocycles. The van der Waals surface area contributed by atoms with E-state index in [1.807, 2.05) is 13.8 Å². The van der Waals surface area contributed by atoms with Crippen molar-refractivity contribution in [3.05, 3.63) is 64.6 Å². The molecule has 0 aliphatic rings. The number of aryl methyl sites for hydroxylation is 2. The van der Waals surface area contributed by atoms with Crippen molar-refractivity contribution in [2.75, 3.05) is 12.4 Å². The van der Waals surface area contributed by atoms with Gasteiger partial charge in [0.05, 0.1) is 6.42 Å². The topological polar surface area (TPSA) is 74.0 Å². The summed E-state index contributed by atoms with van der Waals surface area (Å²) in [5.41, 5.74) is 4.39. The Morgan fingerprint density at radius 2 is 1.88 bits per heavy atom. The molecule has 0 unspecified atom stereocenters. The Balaban J connectivity index is 1.81. The van der Waals surface area contributed by atoms with Gasteiger partial charge in [-0.3, -0.25) is 9.59 Å². The molecular weight excluding hydrogens is 333 g/mol. The lowest BCUT2D eigenvalue weighted by Crippen LogP contribution is -2.19. The van der Waals surface area contributed by atoms with Crippen molar-refractivity contribution in [3.63, 3.8) is 0 Å². The smallest absolute Gasteiger partial charge is 0.251 e. The minimum atomic E-state index is -0.334. The first-order valence-electron chi connectivity index (χ1n) is 8.28. The van der Waals surface area contributed by atoms with Crippen LogP contribution in [0, 0.1) is 19.7 Å². The highest BCUT2D eigenvalue weighted by Gasteiger charge is 2.14. The number of aromatic amines is 1. The molecule has 0 aliphatic carbocycles. The number of nitrogens with one attached hydrogen (secondary N) is 3. The van der Waals surface area contributed by atoms with Crippen LogP contribution < -0.4 is 10.6 Å². The van der Waals surface area contributed by atoms with Crippen molar-refractivity contribution in [3.8, 4) is 0 Å². The van der Waals surface area contributed by atoms with Gasteiger partial charge in [-0.15, -0.1) is 0 Å². The Kier molecular flexibility index (Phi) is 4.75. The lowest BCUT2D eigenvalue weighted by molar-refractivity contribution is -0.115. The third kappa shape index (κ3) is 3.44. The van der Waals surface area contributed by atoms with Gasteiger partial charge in [0, 0.05) is 34.9 Å². The number of hydrogen-bond acceptors (Lipinski definition) is 2. The number of fused-ring (bicyclic) bond motifs is 1. The highest BCUT2D eigenvalue weighted by atomic mass is 19.1. The highest BCUT2D eigenvalue weighted by molar-refractivity contribution is 5.98. The zero-order valence-corrected chi connectivity index (χ0v) is 14.9. The van der Waals surface area contributed by atoms with E-state index in [1.165, 1.54) is 12.1 Å². The van der Waals surface area contributed by atoms with Crippen molar-refractivity contribution in [1.82, 2.24) is 10.3 Å². The monoisotopic (exact) mass is 353 g/mol. The van der Waals surface area contributed by atoms with Gasteiger partial charge in [-0.05, 0) is 61.4 Å². The number of hydrogen-bond donors (Lipinski definition) is 3. The minimum Gasteiger partial charge on any atom is -0.358 e. The molecule has 6 heteroatoms. The Bertz CT molecular complexity index is 1010. The third-order valence-electron chi connectivity index (χ3n) is 4.41. The van der Waals surface area contributed by atoms with Crippen LogP contribution in [0.5, 0.6) is 0 Å². The average Bonchev–Trinajstić information content (AvgIpc) is 2.91. The largest absolute Gasteiger partial charge is 0.358 e. The van der Waals surface area contributed by atoms with E-state index in [4.69, 9.17) is 0 Å². The summed E-state index contributed by atoms with van der Waals surface area (Å²) in [5, 5.41) is 6.14. The van der Waals surface area contributed by atoms with Crippen molar-refractivity contribution in [2.45, 2.75) is 20.3 Å². The number of aromatic nitrogens is 1. The van der Waals surface area contributed by atoms with Crippen LogP contribution in [0.3, 0.4) is 0 Å². The van der Waals surface area contributed by atoms with Gasteiger partial charge in [-0.25, -0.2) is 4.39 Å². The summed E-state index contributed by atoms with van der Waals surface area (Å²) in [7, 11) is 1.57. The van der Waals surface area contributed by atoms with Gasteiger partial charge in [0.15, 0.2) is 0 Å². The molecule has 5 nitrogen and oxygen atoms in total. The van der Waals surface area contributed by atoms with E-state index < -0.39 is 0 Å². The number of anilines is 1. The molecule has 0 bridgehead atoms. The summed E-state index contributed by atoms with van der Waals surface area (Å²) >= 11 is 0. The molecule has 2 amide bonds. The van der Waals surface area contributed by atoms with Crippen LogP contribution in [-0.2, 0) is 11.2 Å². The first-order chi connectivity index (χ1) is 12.4. The van der Waals surface area contributed by atoms with Crippen molar-refractivity contribution in [1.29, 1.82) is 0 Å². The van der Waals surface area contributed by atoms with E-state index in [0.717, 1.165) is 22.3 Å². The number of benzene rings is 2. The molecule has 1 heterocycles. The maximum atomic E-state index is 13.5. The second-order valence-electron chi connectivity index (χ2n) is 6.25. The highest BCUT2D eigenvalue weighted by Crippen LogP contribution is 2.24. The van der Waals surface area contributed by atoms with Gasteiger partial charge in [0.25, 0.3) is 5.91 Å². The summed E-state index contributed by atoms with van der Waals surface area (Å²) in [6.07, 6.45) is 0.131. The molecule has 0 spiro atoms. The summed E-state index contributed by atoms with van der Waals surface area (Å²) in [6.45, 7) is 3.69.